The highest BCUT2D eigenvalue weighted by atomic mass is 32.2. The fourth-order valence-corrected chi connectivity index (χ4v) is 2.96. The molecule has 0 radical (unpaired) electrons. The van der Waals surface area contributed by atoms with Crippen LogP contribution in [0.15, 0.2) is 30.6 Å². The summed E-state index contributed by atoms with van der Waals surface area (Å²) in [5.41, 5.74) is 1.25. The Hall–Kier alpha value is -2.33. The van der Waals surface area contributed by atoms with Crippen LogP contribution in [-0.4, -0.2) is 46.3 Å². The number of sulfonamides is 1. The third kappa shape index (κ3) is 2.62. The Balaban J connectivity index is 1.91. The van der Waals surface area contributed by atoms with Crippen LogP contribution >= 0.6 is 0 Å². The Morgan fingerprint density at radius 1 is 1.29 bits per heavy atom. The number of nitrogens with zero attached hydrogens (tertiary/aromatic N) is 5. The van der Waals surface area contributed by atoms with Crippen molar-refractivity contribution in [1.82, 2.24) is 20.2 Å². The summed E-state index contributed by atoms with van der Waals surface area (Å²) in [4.78, 5) is 13.4. The van der Waals surface area contributed by atoms with E-state index in [4.69, 9.17) is 5.14 Å². The number of tetrazole rings is 1. The summed E-state index contributed by atoms with van der Waals surface area (Å²) in [6.07, 6.45) is 1.33. The van der Waals surface area contributed by atoms with Gasteiger partial charge in [0.05, 0.1) is 5.69 Å². The Morgan fingerprint density at radius 2 is 2.05 bits per heavy atom. The van der Waals surface area contributed by atoms with Gasteiger partial charge in [0, 0.05) is 18.7 Å². The Kier molecular flexibility index (Phi) is 3.18. The van der Waals surface area contributed by atoms with E-state index in [0.717, 1.165) is 0 Å². The number of carbonyl (C=O) groups is 1. The van der Waals surface area contributed by atoms with E-state index in [1.165, 1.54) is 15.9 Å². The molecule has 2 aromatic rings. The van der Waals surface area contributed by atoms with Crippen molar-refractivity contribution < 1.29 is 13.2 Å². The second-order valence-electron chi connectivity index (χ2n) is 4.69. The molecule has 1 saturated heterocycles. The molecule has 0 aliphatic carbocycles. The molecule has 3 rings (SSSR count). The number of aromatic nitrogens is 4. The number of nitrogens with two attached hydrogens (primary N) is 1. The molecule has 0 saturated carbocycles. The molecule has 1 atom stereocenters. The molecule has 1 aliphatic heterocycles. The normalized spacial score (nSPS) is 19.2. The first-order chi connectivity index (χ1) is 9.95. The molecular formula is C11H12N6O3S. The van der Waals surface area contributed by atoms with Crippen LogP contribution < -0.4 is 10.0 Å². The van der Waals surface area contributed by atoms with Crippen LogP contribution in [0.25, 0.3) is 5.69 Å². The van der Waals surface area contributed by atoms with E-state index in [9.17, 15) is 13.2 Å². The quantitative estimate of drug-likeness (QED) is 0.780. The summed E-state index contributed by atoms with van der Waals surface area (Å²) in [6.45, 7) is 0.0523. The van der Waals surface area contributed by atoms with Gasteiger partial charge >= 0.3 is 0 Å². The number of primary sulfonamides is 1. The van der Waals surface area contributed by atoms with Gasteiger partial charge in [-0.05, 0) is 28.6 Å². The number of carbonyl (C=O) groups excluding carboxylic acids is 1. The smallest absolute Gasteiger partial charge is 0.228 e. The molecular weight excluding hydrogens is 296 g/mol. The molecule has 10 heteroatoms. The minimum absolute atomic E-state index is 0.0523. The first-order valence-electron chi connectivity index (χ1n) is 6.10. The molecule has 0 spiro atoms. The molecule has 2 N–H and O–H groups in total. The molecule has 1 aliphatic rings. The zero-order chi connectivity index (χ0) is 15.0. The Labute approximate surface area is 120 Å². The highest BCUT2D eigenvalue weighted by Crippen LogP contribution is 2.25. The van der Waals surface area contributed by atoms with Gasteiger partial charge in [0.15, 0.2) is 0 Å². The van der Waals surface area contributed by atoms with E-state index in [2.05, 4.69) is 15.5 Å². The van der Waals surface area contributed by atoms with Crippen molar-refractivity contribution in [3.63, 3.8) is 0 Å². The lowest BCUT2D eigenvalue weighted by Gasteiger charge is -2.17. The van der Waals surface area contributed by atoms with E-state index in [0.29, 0.717) is 11.4 Å². The number of rotatable bonds is 3. The topological polar surface area (TPSA) is 124 Å². The molecule has 2 heterocycles. The fraction of sp³-hybridized carbons (Fsp3) is 0.273. The third-order valence-corrected chi connectivity index (χ3v) is 4.55. The van der Waals surface area contributed by atoms with Crippen molar-refractivity contribution in [3.8, 4) is 5.69 Å². The first kappa shape index (κ1) is 13.6. The summed E-state index contributed by atoms with van der Waals surface area (Å²) in [7, 11) is -3.73. The van der Waals surface area contributed by atoms with Gasteiger partial charge in [0.2, 0.25) is 15.9 Å². The second-order valence-corrected chi connectivity index (χ2v) is 6.54. The van der Waals surface area contributed by atoms with Crippen LogP contribution in [0.1, 0.15) is 6.42 Å². The van der Waals surface area contributed by atoms with Crippen molar-refractivity contribution in [1.29, 1.82) is 0 Å². The van der Waals surface area contributed by atoms with Gasteiger partial charge in [0.1, 0.15) is 11.6 Å². The van der Waals surface area contributed by atoms with Crippen molar-refractivity contribution in [3.05, 3.63) is 30.6 Å². The molecule has 1 unspecified atom stereocenters. The minimum atomic E-state index is -3.73. The lowest BCUT2D eigenvalue weighted by Crippen LogP contribution is -2.32. The van der Waals surface area contributed by atoms with Gasteiger partial charge in [-0.2, -0.15) is 0 Å². The van der Waals surface area contributed by atoms with Crippen LogP contribution in [0.4, 0.5) is 5.69 Å². The molecule has 1 aromatic heterocycles. The molecule has 1 amide bonds. The van der Waals surface area contributed by atoms with Gasteiger partial charge in [-0.15, -0.1) is 5.10 Å². The number of benzene rings is 1. The van der Waals surface area contributed by atoms with E-state index in [1.807, 2.05) is 0 Å². The van der Waals surface area contributed by atoms with Gasteiger partial charge in [-0.1, -0.05) is 6.07 Å². The molecule has 1 fully saturated rings. The van der Waals surface area contributed by atoms with E-state index in [1.54, 1.807) is 24.3 Å². The maximum Gasteiger partial charge on any atom is 0.228 e. The average molecular weight is 308 g/mol. The van der Waals surface area contributed by atoms with Crippen LogP contribution in [0.2, 0.25) is 0 Å². The van der Waals surface area contributed by atoms with Crippen molar-refractivity contribution in [2.45, 2.75) is 11.7 Å². The van der Waals surface area contributed by atoms with Gasteiger partial charge < -0.3 is 4.90 Å². The molecule has 0 bridgehead atoms. The predicted molar refractivity (Wildman–Crippen MR) is 73.0 cm³/mol. The largest absolute Gasteiger partial charge is 0.311 e. The lowest BCUT2D eigenvalue weighted by molar-refractivity contribution is -0.117. The van der Waals surface area contributed by atoms with E-state index < -0.39 is 15.3 Å². The van der Waals surface area contributed by atoms with Crippen LogP contribution in [0, 0.1) is 0 Å². The van der Waals surface area contributed by atoms with Gasteiger partial charge in [0.25, 0.3) is 0 Å². The van der Waals surface area contributed by atoms with Crippen molar-refractivity contribution in [2.75, 3.05) is 11.4 Å². The number of amides is 1. The zero-order valence-electron chi connectivity index (χ0n) is 10.8. The molecule has 9 nitrogen and oxygen atoms in total. The van der Waals surface area contributed by atoms with Crippen LogP contribution in [-0.2, 0) is 14.8 Å². The number of hydrogen-bond donors (Lipinski definition) is 1. The van der Waals surface area contributed by atoms with E-state index >= 15 is 0 Å². The average Bonchev–Trinajstić information content (AvgIpc) is 3.07. The highest BCUT2D eigenvalue weighted by Gasteiger charge is 2.37. The van der Waals surface area contributed by atoms with E-state index in [-0.39, 0.29) is 18.9 Å². The first-order valence-corrected chi connectivity index (χ1v) is 7.71. The van der Waals surface area contributed by atoms with Crippen molar-refractivity contribution in [2.24, 2.45) is 5.14 Å². The predicted octanol–water partition coefficient (Wildman–Crippen LogP) is -0.944. The highest BCUT2D eigenvalue weighted by molar-refractivity contribution is 7.89. The minimum Gasteiger partial charge on any atom is -0.311 e. The fourth-order valence-electron chi connectivity index (χ4n) is 2.23. The summed E-state index contributed by atoms with van der Waals surface area (Å²) < 4.78 is 24.2. The molecule has 1 aromatic carbocycles. The maximum absolute atomic E-state index is 12.0. The monoisotopic (exact) mass is 308 g/mol. The van der Waals surface area contributed by atoms with Gasteiger partial charge in [-0.3, -0.25) is 4.79 Å². The summed E-state index contributed by atoms with van der Waals surface area (Å²) in [6, 6.07) is 6.94. The zero-order valence-corrected chi connectivity index (χ0v) is 11.6. The number of hydrogen-bond acceptors (Lipinski definition) is 6. The third-order valence-electron chi connectivity index (χ3n) is 3.31. The van der Waals surface area contributed by atoms with Crippen LogP contribution in [0.5, 0.6) is 0 Å². The van der Waals surface area contributed by atoms with Gasteiger partial charge in [-0.25, -0.2) is 18.2 Å². The number of anilines is 1. The maximum atomic E-state index is 12.0. The Bertz CT molecular complexity index is 773. The van der Waals surface area contributed by atoms with Crippen LogP contribution in [0.3, 0.4) is 0 Å². The molecule has 21 heavy (non-hydrogen) atoms. The summed E-state index contributed by atoms with van der Waals surface area (Å²) >= 11 is 0. The second kappa shape index (κ2) is 4.90. The SMILES string of the molecule is NS(=O)(=O)C1CC(=O)N(c2cccc(-n3cnnn3)c2)C1. The van der Waals surface area contributed by atoms with Crippen molar-refractivity contribution >= 4 is 21.6 Å². The molecule has 110 valence electrons. The summed E-state index contributed by atoms with van der Waals surface area (Å²) in [5.74, 6) is -0.275. The Morgan fingerprint density at radius 3 is 2.67 bits per heavy atom. The summed E-state index contributed by atoms with van der Waals surface area (Å²) in [5, 5.41) is 15.1. The lowest BCUT2D eigenvalue weighted by atomic mass is 10.2. The standard InChI is InChI=1S/C11H12N6O3S/c12-21(19,20)10-5-11(18)16(6-10)8-2-1-3-9(4-8)17-7-13-14-15-17/h1-4,7,10H,5-6H2,(H2,12,19,20).